The van der Waals surface area contributed by atoms with Crippen LogP contribution in [-0.2, 0) is 11.3 Å². The molecule has 5 heterocycles. The summed E-state index contributed by atoms with van der Waals surface area (Å²) in [4.78, 5) is 28.9. The molecule has 0 unspecified atom stereocenters. The number of hydrogen-bond donors (Lipinski definition) is 2. The van der Waals surface area contributed by atoms with Crippen molar-refractivity contribution >= 4 is 29.0 Å². The molecule has 15 heteroatoms. The summed E-state index contributed by atoms with van der Waals surface area (Å²) < 4.78 is 43.1. The largest absolute Gasteiger partial charge is 0.494 e. The van der Waals surface area contributed by atoms with Gasteiger partial charge in [-0.2, -0.15) is 5.10 Å². The van der Waals surface area contributed by atoms with E-state index in [0.29, 0.717) is 73.4 Å². The van der Waals surface area contributed by atoms with Crippen LogP contribution in [0.5, 0.6) is 5.75 Å². The van der Waals surface area contributed by atoms with Gasteiger partial charge in [0.15, 0.2) is 17.5 Å². The molecule has 13 nitrogen and oxygen atoms in total. The van der Waals surface area contributed by atoms with Gasteiger partial charge in [0.1, 0.15) is 53.1 Å². The molecular weight excluding hydrogens is 608 g/mol. The summed E-state index contributed by atoms with van der Waals surface area (Å²) in [6.45, 7) is 6.21. The smallest absolute Gasteiger partial charge is 0.184 e. The molecule has 1 aliphatic heterocycles. The van der Waals surface area contributed by atoms with E-state index >= 15 is 8.78 Å². The standard InChI is InChI=1S/C32H33F2N11O2/c1-3-47-21-14-23(33)22(24(34)15-21)16-45-28(20-4-5-20)19(2)27(43-45)30-41-31(39-25-6-8-35-17-37-25)29(44-10-12-46-13-11-44)32(42-30)40-26-7-9-36-18-38-26/h6-9,14-15,17-18,20H,3-5,10-13,16H2,1-2H3,(H2,35,36,37,38,39,40,41,42). The Hall–Kier alpha value is -5.31. The number of ether oxygens (including phenoxy) is 2. The lowest BCUT2D eigenvalue weighted by Crippen LogP contribution is -2.37. The second-order valence-corrected chi connectivity index (χ2v) is 11.2. The van der Waals surface area contributed by atoms with E-state index in [4.69, 9.17) is 24.5 Å². The lowest BCUT2D eigenvalue weighted by Gasteiger charge is -2.31. The number of halogens is 2. The number of anilines is 5. The van der Waals surface area contributed by atoms with Crippen molar-refractivity contribution in [2.24, 2.45) is 0 Å². The van der Waals surface area contributed by atoms with Gasteiger partial charge in [-0.15, -0.1) is 0 Å². The molecule has 0 atom stereocenters. The number of nitrogens with one attached hydrogen (secondary N) is 2. The molecular formula is C32H33F2N11O2. The van der Waals surface area contributed by atoms with Crippen LogP contribution < -0.4 is 20.3 Å². The average Bonchev–Trinajstić information content (AvgIpc) is 3.86. The first-order valence-corrected chi connectivity index (χ1v) is 15.5. The molecule has 0 amide bonds. The minimum absolute atomic E-state index is 0.0924. The van der Waals surface area contributed by atoms with Crippen molar-refractivity contribution < 1.29 is 18.3 Å². The third kappa shape index (κ3) is 6.52. The number of aromatic nitrogens is 8. The maximum absolute atomic E-state index is 15.2. The van der Waals surface area contributed by atoms with E-state index < -0.39 is 11.6 Å². The minimum atomic E-state index is -0.691. The predicted octanol–water partition coefficient (Wildman–Crippen LogP) is 5.15. The fourth-order valence-electron chi connectivity index (χ4n) is 5.70. The highest BCUT2D eigenvalue weighted by molar-refractivity contribution is 5.84. The normalized spacial score (nSPS) is 14.7. The first-order valence-electron chi connectivity index (χ1n) is 15.5. The average molecular weight is 642 g/mol. The number of morpholine rings is 1. The lowest BCUT2D eigenvalue weighted by molar-refractivity contribution is 0.123. The number of benzene rings is 1. The van der Waals surface area contributed by atoms with Crippen molar-refractivity contribution in [1.29, 1.82) is 0 Å². The maximum atomic E-state index is 15.2. The molecule has 7 rings (SSSR count). The van der Waals surface area contributed by atoms with Crippen LogP contribution in [0.25, 0.3) is 11.5 Å². The zero-order chi connectivity index (χ0) is 32.3. The zero-order valence-electron chi connectivity index (χ0n) is 26.0. The van der Waals surface area contributed by atoms with Crippen LogP contribution in [0.15, 0.2) is 49.3 Å². The van der Waals surface area contributed by atoms with Crippen LogP contribution in [0.4, 0.5) is 37.7 Å². The summed E-state index contributed by atoms with van der Waals surface area (Å²) in [5.41, 5.74) is 2.87. The molecule has 0 spiro atoms. The predicted molar refractivity (Wildman–Crippen MR) is 170 cm³/mol. The van der Waals surface area contributed by atoms with Crippen molar-refractivity contribution in [2.75, 3.05) is 48.4 Å². The summed E-state index contributed by atoms with van der Waals surface area (Å²) in [7, 11) is 0. The van der Waals surface area contributed by atoms with Crippen LogP contribution in [-0.4, -0.2) is 72.6 Å². The Kier molecular flexibility index (Phi) is 8.52. The van der Waals surface area contributed by atoms with Gasteiger partial charge in [-0.3, -0.25) is 4.68 Å². The Bertz CT molecular complexity index is 1780. The molecule has 2 fully saturated rings. The highest BCUT2D eigenvalue weighted by Gasteiger charge is 2.33. The lowest BCUT2D eigenvalue weighted by atomic mass is 10.1. The van der Waals surface area contributed by atoms with E-state index in [1.807, 2.05) is 6.92 Å². The molecule has 0 radical (unpaired) electrons. The highest BCUT2D eigenvalue weighted by Crippen LogP contribution is 2.45. The van der Waals surface area contributed by atoms with Crippen molar-refractivity contribution in [2.45, 2.75) is 39.2 Å². The Morgan fingerprint density at radius 1 is 0.936 bits per heavy atom. The van der Waals surface area contributed by atoms with E-state index in [9.17, 15) is 0 Å². The van der Waals surface area contributed by atoms with Crippen LogP contribution in [0.3, 0.4) is 0 Å². The molecule has 1 aromatic carbocycles. The zero-order valence-corrected chi connectivity index (χ0v) is 26.0. The third-order valence-corrected chi connectivity index (χ3v) is 8.02. The molecule has 1 aliphatic carbocycles. The van der Waals surface area contributed by atoms with Crippen LogP contribution in [0, 0.1) is 18.6 Å². The van der Waals surface area contributed by atoms with Gasteiger partial charge in [0.2, 0.25) is 0 Å². The molecule has 5 aromatic rings. The topological polar surface area (TPSA) is 141 Å². The quantitative estimate of drug-likeness (QED) is 0.197. The SMILES string of the molecule is CCOc1cc(F)c(Cn2nc(-c3nc(Nc4ccncn4)c(N4CCOCC4)c(Nc4ccncn4)n3)c(C)c2C2CC2)c(F)c1. The van der Waals surface area contributed by atoms with Crippen molar-refractivity contribution in [1.82, 2.24) is 39.7 Å². The van der Waals surface area contributed by atoms with Crippen LogP contribution in [0.1, 0.15) is 42.5 Å². The second kappa shape index (κ2) is 13.2. The summed E-state index contributed by atoms with van der Waals surface area (Å²) in [6, 6.07) is 5.90. The fraction of sp³-hybridized carbons (Fsp3) is 0.344. The highest BCUT2D eigenvalue weighted by atomic mass is 19.1. The van der Waals surface area contributed by atoms with Gasteiger partial charge in [-0.05, 0) is 38.8 Å². The third-order valence-electron chi connectivity index (χ3n) is 8.02. The van der Waals surface area contributed by atoms with E-state index in [1.165, 1.54) is 24.8 Å². The monoisotopic (exact) mass is 641 g/mol. The van der Waals surface area contributed by atoms with Gasteiger partial charge < -0.3 is 25.0 Å². The van der Waals surface area contributed by atoms with E-state index in [0.717, 1.165) is 24.1 Å². The van der Waals surface area contributed by atoms with Crippen LogP contribution >= 0.6 is 0 Å². The second-order valence-electron chi connectivity index (χ2n) is 11.2. The van der Waals surface area contributed by atoms with Crippen molar-refractivity contribution in [3.05, 3.63) is 77.8 Å². The van der Waals surface area contributed by atoms with Crippen molar-refractivity contribution in [3.8, 4) is 17.3 Å². The Balaban J connectivity index is 1.36. The Morgan fingerprint density at radius 2 is 1.55 bits per heavy atom. The maximum Gasteiger partial charge on any atom is 0.184 e. The fourth-order valence-corrected chi connectivity index (χ4v) is 5.70. The van der Waals surface area contributed by atoms with Gasteiger partial charge in [0.25, 0.3) is 0 Å². The van der Waals surface area contributed by atoms with Gasteiger partial charge in [-0.1, -0.05) is 0 Å². The Labute approximate surface area is 269 Å². The molecule has 1 saturated heterocycles. The number of hydrogen-bond acceptors (Lipinski definition) is 12. The molecule has 0 bridgehead atoms. The molecule has 2 N–H and O–H groups in total. The summed E-state index contributed by atoms with van der Waals surface area (Å²) in [5, 5.41) is 11.6. The van der Waals surface area contributed by atoms with E-state index in [1.54, 1.807) is 36.1 Å². The molecule has 47 heavy (non-hydrogen) atoms. The summed E-state index contributed by atoms with van der Waals surface area (Å²) in [6.07, 6.45) is 8.09. The molecule has 1 saturated carbocycles. The van der Waals surface area contributed by atoms with Gasteiger partial charge in [-0.25, -0.2) is 38.7 Å². The van der Waals surface area contributed by atoms with E-state index in [2.05, 4.69) is 35.5 Å². The molecule has 4 aromatic heterocycles. The molecule has 242 valence electrons. The first kappa shape index (κ1) is 30.3. The van der Waals surface area contributed by atoms with Gasteiger partial charge in [0, 0.05) is 60.4 Å². The van der Waals surface area contributed by atoms with Gasteiger partial charge >= 0.3 is 0 Å². The van der Waals surface area contributed by atoms with Crippen molar-refractivity contribution in [3.63, 3.8) is 0 Å². The number of nitrogens with zero attached hydrogens (tertiary/aromatic N) is 9. The van der Waals surface area contributed by atoms with Gasteiger partial charge in [0.05, 0.1) is 26.4 Å². The summed E-state index contributed by atoms with van der Waals surface area (Å²) in [5.74, 6) is 1.34. The first-order chi connectivity index (χ1) is 23.0. The summed E-state index contributed by atoms with van der Waals surface area (Å²) >= 11 is 0. The van der Waals surface area contributed by atoms with E-state index in [-0.39, 0.29) is 23.8 Å². The molecule has 2 aliphatic rings. The van der Waals surface area contributed by atoms with Crippen LogP contribution in [0.2, 0.25) is 0 Å². The Morgan fingerprint density at radius 3 is 2.09 bits per heavy atom. The number of rotatable bonds is 11. The minimum Gasteiger partial charge on any atom is -0.494 e.